The van der Waals surface area contributed by atoms with Gasteiger partial charge in [0, 0.05) is 13.1 Å². The normalized spacial score (nSPS) is 15.9. The third-order valence-electron chi connectivity index (χ3n) is 4.50. The van der Waals surface area contributed by atoms with Crippen molar-refractivity contribution in [1.29, 1.82) is 0 Å². The summed E-state index contributed by atoms with van der Waals surface area (Å²) in [7, 11) is 2.03. The van der Waals surface area contributed by atoms with Gasteiger partial charge in [-0.25, -0.2) is 4.98 Å². The number of fused-ring (bicyclic) bond motifs is 1. The van der Waals surface area contributed by atoms with Crippen LogP contribution < -0.4 is 9.47 Å². The molecule has 0 radical (unpaired) electrons. The Morgan fingerprint density at radius 1 is 1.11 bits per heavy atom. The molecule has 0 amide bonds. The minimum Gasteiger partial charge on any atom is -0.486 e. The van der Waals surface area contributed by atoms with Crippen LogP contribution in [0.4, 0.5) is 0 Å². The number of para-hydroxylation sites is 2. The van der Waals surface area contributed by atoms with Crippen LogP contribution in [0.15, 0.2) is 52.9 Å². The maximum Gasteiger partial charge on any atom is 0.228 e. The van der Waals surface area contributed by atoms with Crippen molar-refractivity contribution in [3.8, 4) is 23.0 Å². The standard InChI is InChI=1S/C21H21ClN2O3/c1-14-18(23-21(26-14)16-7-3-4-8-17(16)22)12-24(2)11-15-13-25-19-9-5-6-10-20(19)27-15/h3-10,15H,11-13H2,1-2H3/t15-/m0/s1. The van der Waals surface area contributed by atoms with Crippen molar-refractivity contribution in [2.24, 2.45) is 0 Å². The van der Waals surface area contributed by atoms with E-state index in [1.165, 1.54) is 0 Å². The molecule has 1 aliphatic rings. The molecule has 0 aliphatic carbocycles. The minimum absolute atomic E-state index is 0.0276. The third kappa shape index (κ3) is 3.94. The summed E-state index contributed by atoms with van der Waals surface area (Å²) in [6.07, 6.45) is -0.0276. The van der Waals surface area contributed by atoms with Crippen LogP contribution in [0.2, 0.25) is 5.02 Å². The number of rotatable bonds is 5. The first kappa shape index (κ1) is 17.9. The van der Waals surface area contributed by atoms with Gasteiger partial charge in [-0.1, -0.05) is 35.9 Å². The fraction of sp³-hybridized carbons (Fsp3) is 0.286. The van der Waals surface area contributed by atoms with Crippen LogP contribution in [0.3, 0.4) is 0 Å². The Morgan fingerprint density at radius 3 is 2.67 bits per heavy atom. The zero-order chi connectivity index (χ0) is 18.8. The van der Waals surface area contributed by atoms with Crippen molar-refractivity contribution in [3.05, 3.63) is 65.0 Å². The number of aromatic nitrogens is 1. The van der Waals surface area contributed by atoms with Gasteiger partial charge in [-0.3, -0.25) is 4.90 Å². The molecule has 0 N–H and O–H groups in total. The molecule has 2 heterocycles. The first-order valence-corrected chi connectivity index (χ1v) is 9.26. The van der Waals surface area contributed by atoms with Gasteiger partial charge in [0.2, 0.25) is 5.89 Å². The molecule has 0 bridgehead atoms. The Morgan fingerprint density at radius 2 is 1.85 bits per heavy atom. The average Bonchev–Trinajstić information content (AvgIpc) is 3.02. The lowest BCUT2D eigenvalue weighted by molar-refractivity contribution is 0.0634. The molecule has 5 nitrogen and oxygen atoms in total. The maximum absolute atomic E-state index is 6.26. The summed E-state index contributed by atoms with van der Waals surface area (Å²) in [5, 5.41) is 0.630. The van der Waals surface area contributed by atoms with Crippen molar-refractivity contribution in [2.75, 3.05) is 20.2 Å². The van der Waals surface area contributed by atoms with Gasteiger partial charge in [0.15, 0.2) is 11.5 Å². The van der Waals surface area contributed by atoms with E-state index in [0.29, 0.717) is 24.1 Å². The quantitative estimate of drug-likeness (QED) is 0.644. The highest BCUT2D eigenvalue weighted by molar-refractivity contribution is 6.33. The van der Waals surface area contributed by atoms with E-state index in [4.69, 9.17) is 25.5 Å². The van der Waals surface area contributed by atoms with Gasteiger partial charge in [-0.2, -0.15) is 0 Å². The topological polar surface area (TPSA) is 47.7 Å². The Hall–Kier alpha value is -2.50. The molecule has 27 heavy (non-hydrogen) atoms. The van der Waals surface area contributed by atoms with Gasteiger partial charge in [-0.05, 0) is 38.2 Å². The molecule has 140 valence electrons. The van der Waals surface area contributed by atoms with Crippen molar-refractivity contribution >= 4 is 11.6 Å². The second-order valence-corrected chi connectivity index (χ2v) is 7.10. The Labute approximate surface area is 163 Å². The molecule has 0 saturated carbocycles. The largest absolute Gasteiger partial charge is 0.486 e. The van der Waals surface area contributed by atoms with Gasteiger partial charge in [-0.15, -0.1) is 0 Å². The Balaban J connectivity index is 1.42. The molecule has 1 aliphatic heterocycles. The molecule has 2 aromatic carbocycles. The lowest BCUT2D eigenvalue weighted by atomic mass is 10.2. The highest BCUT2D eigenvalue weighted by Crippen LogP contribution is 2.31. The van der Waals surface area contributed by atoms with Crippen LogP contribution in [-0.4, -0.2) is 36.2 Å². The number of aryl methyl sites for hydroxylation is 1. The summed E-state index contributed by atoms with van der Waals surface area (Å²) >= 11 is 6.26. The summed E-state index contributed by atoms with van der Waals surface area (Å²) in [5.41, 5.74) is 1.70. The number of ether oxygens (including phenoxy) is 2. The van der Waals surface area contributed by atoms with Crippen molar-refractivity contribution in [2.45, 2.75) is 19.6 Å². The smallest absolute Gasteiger partial charge is 0.228 e. The van der Waals surface area contributed by atoms with Crippen LogP contribution in [-0.2, 0) is 6.54 Å². The molecule has 4 rings (SSSR count). The molecular formula is C21H21ClN2O3. The van der Waals surface area contributed by atoms with E-state index < -0.39 is 0 Å². The number of oxazole rings is 1. The average molecular weight is 385 g/mol. The van der Waals surface area contributed by atoms with Gasteiger partial charge in [0.05, 0.1) is 16.3 Å². The lowest BCUT2D eigenvalue weighted by Crippen LogP contribution is -2.39. The SMILES string of the molecule is Cc1oc(-c2ccccc2Cl)nc1CN(C)C[C@H]1COc2ccccc2O1. The van der Waals surface area contributed by atoms with E-state index in [2.05, 4.69) is 9.88 Å². The number of nitrogens with zero attached hydrogens (tertiary/aromatic N) is 2. The van der Waals surface area contributed by atoms with Crippen LogP contribution in [0.5, 0.6) is 11.5 Å². The van der Waals surface area contributed by atoms with Crippen molar-refractivity contribution in [1.82, 2.24) is 9.88 Å². The highest BCUT2D eigenvalue weighted by Gasteiger charge is 2.23. The van der Waals surface area contributed by atoms with E-state index >= 15 is 0 Å². The summed E-state index contributed by atoms with van der Waals surface area (Å²) in [6.45, 7) is 3.83. The molecule has 0 spiro atoms. The molecular weight excluding hydrogens is 364 g/mol. The van der Waals surface area contributed by atoms with Crippen LogP contribution in [0.1, 0.15) is 11.5 Å². The summed E-state index contributed by atoms with van der Waals surface area (Å²) in [6, 6.07) is 15.3. The van der Waals surface area contributed by atoms with E-state index in [0.717, 1.165) is 35.1 Å². The number of halogens is 1. The lowest BCUT2D eigenvalue weighted by Gasteiger charge is -2.29. The highest BCUT2D eigenvalue weighted by atomic mass is 35.5. The van der Waals surface area contributed by atoms with Crippen molar-refractivity contribution in [3.63, 3.8) is 0 Å². The number of hydrogen-bond donors (Lipinski definition) is 0. The molecule has 6 heteroatoms. The van der Waals surface area contributed by atoms with Gasteiger partial charge in [0.1, 0.15) is 18.5 Å². The number of likely N-dealkylation sites (N-methyl/N-ethyl adjacent to an activating group) is 1. The third-order valence-corrected chi connectivity index (χ3v) is 4.83. The van der Waals surface area contributed by atoms with E-state index in [9.17, 15) is 0 Å². The molecule has 0 unspecified atom stereocenters. The first-order chi connectivity index (χ1) is 13.1. The summed E-state index contributed by atoms with van der Waals surface area (Å²) < 4.78 is 17.7. The summed E-state index contributed by atoms with van der Waals surface area (Å²) in [4.78, 5) is 6.80. The zero-order valence-corrected chi connectivity index (χ0v) is 16.1. The Bertz CT molecular complexity index is 941. The Kier molecular flexibility index (Phi) is 5.05. The van der Waals surface area contributed by atoms with Gasteiger partial charge in [0.25, 0.3) is 0 Å². The fourth-order valence-corrected chi connectivity index (χ4v) is 3.36. The van der Waals surface area contributed by atoms with Crippen LogP contribution in [0.25, 0.3) is 11.5 Å². The van der Waals surface area contributed by atoms with E-state index in [1.807, 2.05) is 62.5 Å². The second-order valence-electron chi connectivity index (χ2n) is 6.70. The monoisotopic (exact) mass is 384 g/mol. The predicted octanol–water partition coefficient (Wildman–Crippen LogP) is 4.58. The maximum atomic E-state index is 6.26. The zero-order valence-electron chi connectivity index (χ0n) is 15.3. The molecule has 1 atom stereocenters. The van der Waals surface area contributed by atoms with E-state index in [1.54, 1.807) is 0 Å². The number of hydrogen-bond acceptors (Lipinski definition) is 5. The molecule has 1 aromatic heterocycles. The predicted molar refractivity (Wildman–Crippen MR) is 104 cm³/mol. The van der Waals surface area contributed by atoms with Gasteiger partial charge < -0.3 is 13.9 Å². The molecule has 0 saturated heterocycles. The first-order valence-electron chi connectivity index (χ1n) is 8.88. The van der Waals surface area contributed by atoms with Crippen LogP contribution >= 0.6 is 11.6 Å². The minimum atomic E-state index is -0.0276. The fourth-order valence-electron chi connectivity index (χ4n) is 3.15. The summed E-state index contributed by atoms with van der Waals surface area (Å²) in [5.74, 6) is 2.93. The van der Waals surface area contributed by atoms with Gasteiger partial charge >= 0.3 is 0 Å². The van der Waals surface area contributed by atoms with Crippen LogP contribution in [0, 0.1) is 6.92 Å². The number of benzene rings is 2. The van der Waals surface area contributed by atoms with E-state index in [-0.39, 0.29) is 6.10 Å². The molecule has 0 fully saturated rings. The van der Waals surface area contributed by atoms with Crippen molar-refractivity contribution < 1.29 is 13.9 Å². The molecule has 3 aromatic rings. The second kappa shape index (κ2) is 7.62.